The van der Waals surface area contributed by atoms with E-state index in [1.807, 2.05) is 24.3 Å². The number of thioether (sulfide) groups is 2. The number of carbonyl (C=O) groups is 2. The topological polar surface area (TPSA) is 34.1 Å². The van der Waals surface area contributed by atoms with Crippen LogP contribution in [0.25, 0.3) is 0 Å². The van der Waals surface area contributed by atoms with Crippen LogP contribution in [-0.4, -0.2) is 10.2 Å². The van der Waals surface area contributed by atoms with Crippen molar-refractivity contribution in [2.45, 2.75) is 24.5 Å². The fraction of sp³-hybridized carbons (Fsp3) is 0.273. The molecule has 0 radical (unpaired) electrons. The molecular weight excluding hydrogens is 228 g/mol. The second-order valence-corrected chi connectivity index (χ2v) is 5.35. The second kappa shape index (κ2) is 5.98. The Labute approximate surface area is 97.8 Å². The van der Waals surface area contributed by atoms with E-state index in [-0.39, 0.29) is 10.2 Å². The maximum Gasteiger partial charge on any atom is 0.190 e. The highest BCUT2D eigenvalue weighted by atomic mass is 32.2. The normalized spacial score (nSPS) is 10.0. The van der Waals surface area contributed by atoms with Crippen LogP contribution in [0.4, 0.5) is 0 Å². The van der Waals surface area contributed by atoms with Gasteiger partial charge in [-0.2, -0.15) is 0 Å². The van der Waals surface area contributed by atoms with Crippen LogP contribution >= 0.6 is 23.5 Å². The minimum atomic E-state index is 0.0651. The van der Waals surface area contributed by atoms with Gasteiger partial charge in [0.2, 0.25) is 0 Å². The first-order chi connectivity index (χ1) is 7.09. The molecule has 0 aliphatic rings. The summed E-state index contributed by atoms with van der Waals surface area (Å²) in [5.74, 6) is 0.631. The van der Waals surface area contributed by atoms with Crippen LogP contribution in [0.5, 0.6) is 0 Å². The van der Waals surface area contributed by atoms with Gasteiger partial charge in [-0.25, -0.2) is 0 Å². The highest BCUT2D eigenvalue weighted by molar-refractivity contribution is 8.14. The molecule has 0 N–H and O–H groups in total. The van der Waals surface area contributed by atoms with Crippen molar-refractivity contribution in [3.05, 3.63) is 29.8 Å². The van der Waals surface area contributed by atoms with Gasteiger partial charge >= 0.3 is 0 Å². The quantitative estimate of drug-likeness (QED) is 0.760. The van der Waals surface area contributed by atoms with Crippen LogP contribution in [0.15, 0.2) is 29.2 Å². The van der Waals surface area contributed by atoms with E-state index < -0.39 is 0 Å². The molecule has 80 valence electrons. The minimum Gasteiger partial charge on any atom is -0.288 e. The summed E-state index contributed by atoms with van der Waals surface area (Å²) in [6.45, 7) is 3.09. The van der Waals surface area contributed by atoms with E-state index in [1.54, 1.807) is 13.8 Å². The third kappa shape index (κ3) is 4.53. The van der Waals surface area contributed by atoms with Crippen LogP contribution < -0.4 is 0 Å². The minimum absolute atomic E-state index is 0.0651. The van der Waals surface area contributed by atoms with E-state index in [0.29, 0.717) is 5.75 Å². The lowest BCUT2D eigenvalue weighted by atomic mass is 10.2. The zero-order valence-electron chi connectivity index (χ0n) is 8.65. The van der Waals surface area contributed by atoms with E-state index >= 15 is 0 Å². The molecule has 15 heavy (non-hydrogen) atoms. The summed E-state index contributed by atoms with van der Waals surface area (Å²) in [4.78, 5) is 22.8. The van der Waals surface area contributed by atoms with Gasteiger partial charge < -0.3 is 0 Å². The van der Waals surface area contributed by atoms with Gasteiger partial charge in [-0.15, -0.1) is 0 Å². The number of hydrogen-bond donors (Lipinski definition) is 0. The molecule has 0 aromatic heterocycles. The first-order valence-corrected chi connectivity index (χ1v) is 6.29. The molecule has 0 aliphatic heterocycles. The maximum absolute atomic E-state index is 11.0. The molecule has 1 aromatic rings. The first kappa shape index (κ1) is 12.3. The molecule has 0 aliphatic carbocycles. The maximum atomic E-state index is 11.0. The van der Waals surface area contributed by atoms with E-state index in [2.05, 4.69) is 0 Å². The Hall–Kier alpha value is -0.740. The largest absolute Gasteiger partial charge is 0.288 e. The summed E-state index contributed by atoms with van der Waals surface area (Å²) >= 11 is 2.48. The lowest BCUT2D eigenvalue weighted by Gasteiger charge is -2.05. The molecule has 0 amide bonds. The molecule has 1 rings (SSSR count). The van der Waals surface area contributed by atoms with E-state index in [0.717, 1.165) is 10.5 Å². The smallest absolute Gasteiger partial charge is 0.190 e. The zero-order chi connectivity index (χ0) is 11.3. The molecule has 0 saturated heterocycles. The van der Waals surface area contributed by atoms with Crippen LogP contribution in [0.2, 0.25) is 0 Å². The summed E-state index contributed by atoms with van der Waals surface area (Å²) in [5, 5.41) is 0.160. The van der Waals surface area contributed by atoms with E-state index in [9.17, 15) is 9.59 Å². The summed E-state index contributed by atoms with van der Waals surface area (Å²) < 4.78 is 0. The standard InChI is InChI=1S/C11H12O2S2/c1-8(12)14-7-10-5-3-4-6-11(10)15-9(2)13/h3-6H,7H2,1-2H3. The van der Waals surface area contributed by atoms with Gasteiger partial charge in [0.15, 0.2) is 10.2 Å². The summed E-state index contributed by atoms with van der Waals surface area (Å²) in [6, 6.07) is 7.66. The Morgan fingerprint density at radius 2 is 1.80 bits per heavy atom. The van der Waals surface area contributed by atoms with Crippen molar-refractivity contribution in [2.75, 3.05) is 0 Å². The average molecular weight is 240 g/mol. The SMILES string of the molecule is CC(=O)SCc1ccccc1SC(C)=O. The van der Waals surface area contributed by atoms with Crippen LogP contribution in [0.1, 0.15) is 19.4 Å². The van der Waals surface area contributed by atoms with Gasteiger partial charge in [-0.1, -0.05) is 41.7 Å². The molecule has 0 heterocycles. The molecular formula is C11H12O2S2. The monoisotopic (exact) mass is 240 g/mol. The first-order valence-electron chi connectivity index (χ1n) is 4.49. The Kier molecular flexibility index (Phi) is 4.91. The number of benzene rings is 1. The molecule has 4 heteroatoms. The van der Waals surface area contributed by atoms with Crippen LogP contribution in [-0.2, 0) is 15.3 Å². The summed E-state index contributed by atoms with van der Waals surface area (Å²) in [5.41, 5.74) is 1.04. The van der Waals surface area contributed by atoms with Crippen molar-refractivity contribution in [1.82, 2.24) is 0 Å². The lowest BCUT2D eigenvalue weighted by molar-refractivity contribution is -0.109. The van der Waals surface area contributed by atoms with Crippen molar-refractivity contribution in [3.63, 3.8) is 0 Å². The molecule has 0 atom stereocenters. The summed E-state index contributed by atoms with van der Waals surface area (Å²) in [6.07, 6.45) is 0. The molecule has 0 bridgehead atoms. The third-order valence-electron chi connectivity index (χ3n) is 1.66. The Bertz CT molecular complexity index is 375. The predicted molar refractivity (Wildman–Crippen MR) is 65.0 cm³/mol. The van der Waals surface area contributed by atoms with E-state index in [4.69, 9.17) is 0 Å². The average Bonchev–Trinajstić information content (AvgIpc) is 2.15. The highest BCUT2D eigenvalue weighted by Crippen LogP contribution is 2.26. The Morgan fingerprint density at radius 3 is 2.40 bits per heavy atom. The highest BCUT2D eigenvalue weighted by Gasteiger charge is 2.06. The van der Waals surface area contributed by atoms with Crippen molar-refractivity contribution in [1.29, 1.82) is 0 Å². The van der Waals surface area contributed by atoms with Crippen molar-refractivity contribution < 1.29 is 9.59 Å². The van der Waals surface area contributed by atoms with E-state index in [1.165, 1.54) is 23.5 Å². The van der Waals surface area contributed by atoms with Gasteiger partial charge in [0.05, 0.1) is 0 Å². The molecule has 0 unspecified atom stereocenters. The van der Waals surface area contributed by atoms with Crippen molar-refractivity contribution >= 4 is 33.8 Å². The Balaban J connectivity index is 2.76. The van der Waals surface area contributed by atoms with Crippen LogP contribution in [0, 0.1) is 0 Å². The van der Waals surface area contributed by atoms with Gasteiger partial charge in [-0.3, -0.25) is 9.59 Å². The molecule has 0 spiro atoms. The summed E-state index contributed by atoms with van der Waals surface area (Å²) in [7, 11) is 0. The van der Waals surface area contributed by atoms with Crippen molar-refractivity contribution in [3.8, 4) is 0 Å². The van der Waals surface area contributed by atoms with Gasteiger partial charge in [0.25, 0.3) is 0 Å². The second-order valence-electron chi connectivity index (χ2n) is 2.98. The Morgan fingerprint density at radius 1 is 1.13 bits per heavy atom. The van der Waals surface area contributed by atoms with Crippen molar-refractivity contribution in [2.24, 2.45) is 0 Å². The molecule has 0 fully saturated rings. The van der Waals surface area contributed by atoms with Gasteiger partial charge in [0, 0.05) is 24.5 Å². The zero-order valence-corrected chi connectivity index (χ0v) is 10.3. The number of hydrogen-bond acceptors (Lipinski definition) is 4. The third-order valence-corrected chi connectivity index (χ3v) is 3.42. The predicted octanol–water partition coefficient (Wildman–Crippen LogP) is 3.10. The fourth-order valence-electron chi connectivity index (χ4n) is 1.06. The fourth-order valence-corrected chi connectivity index (χ4v) is 2.49. The number of rotatable bonds is 3. The molecule has 0 saturated carbocycles. The van der Waals surface area contributed by atoms with Crippen LogP contribution in [0.3, 0.4) is 0 Å². The lowest BCUT2D eigenvalue weighted by Crippen LogP contribution is -1.90. The van der Waals surface area contributed by atoms with Gasteiger partial charge in [-0.05, 0) is 11.6 Å². The van der Waals surface area contributed by atoms with Gasteiger partial charge in [0.1, 0.15) is 0 Å². The number of carbonyl (C=O) groups excluding carboxylic acids is 2. The molecule has 2 nitrogen and oxygen atoms in total. The molecule has 1 aromatic carbocycles.